The van der Waals surface area contributed by atoms with E-state index in [2.05, 4.69) is 0 Å². The van der Waals surface area contributed by atoms with Gasteiger partial charge in [-0.05, 0) is 26.0 Å². The van der Waals surface area contributed by atoms with E-state index >= 15 is 0 Å². The van der Waals surface area contributed by atoms with E-state index in [-0.39, 0.29) is 18.3 Å². The molecule has 19 heavy (non-hydrogen) atoms. The maximum atomic E-state index is 13.8. The van der Waals surface area contributed by atoms with E-state index in [1.807, 2.05) is 13.8 Å². The zero-order valence-corrected chi connectivity index (χ0v) is 10.9. The molecule has 1 atom stereocenters. The van der Waals surface area contributed by atoms with Crippen molar-refractivity contribution in [2.75, 3.05) is 24.5 Å². The Hall–Kier alpha value is -1.27. The molecule has 2 rings (SSSR count). The van der Waals surface area contributed by atoms with Gasteiger partial charge < -0.3 is 15.4 Å². The highest BCUT2D eigenvalue weighted by atomic mass is 19.2. The molecule has 0 aromatic heterocycles. The van der Waals surface area contributed by atoms with Crippen LogP contribution in [0.25, 0.3) is 0 Å². The van der Waals surface area contributed by atoms with Crippen molar-refractivity contribution in [1.82, 2.24) is 0 Å². The zero-order chi connectivity index (χ0) is 14.2. The van der Waals surface area contributed by atoms with Crippen LogP contribution in [0.3, 0.4) is 0 Å². The smallest absolute Gasteiger partial charge is 0.196 e. The maximum Gasteiger partial charge on any atom is 0.196 e. The first-order valence-electron chi connectivity index (χ1n) is 6.10. The van der Waals surface area contributed by atoms with E-state index in [0.717, 1.165) is 6.07 Å². The number of halogens is 3. The van der Waals surface area contributed by atoms with Crippen molar-refractivity contribution < 1.29 is 17.9 Å². The SMILES string of the molecule is CC1(C)CN(c2ccc(F)c(F)c2F)CC(CN)O1. The molecule has 1 saturated heterocycles. The van der Waals surface area contributed by atoms with Crippen LogP contribution in [-0.4, -0.2) is 31.3 Å². The van der Waals surface area contributed by atoms with Gasteiger partial charge in [-0.3, -0.25) is 0 Å². The molecule has 1 aromatic rings. The van der Waals surface area contributed by atoms with Gasteiger partial charge in [-0.25, -0.2) is 13.2 Å². The molecule has 1 heterocycles. The molecule has 0 amide bonds. The quantitative estimate of drug-likeness (QED) is 0.839. The third kappa shape index (κ3) is 2.84. The summed E-state index contributed by atoms with van der Waals surface area (Å²) in [6, 6.07) is 2.16. The number of nitrogens with two attached hydrogens (primary N) is 1. The lowest BCUT2D eigenvalue weighted by atomic mass is 10.0. The van der Waals surface area contributed by atoms with Crippen molar-refractivity contribution in [3.05, 3.63) is 29.6 Å². The molecule has 6 heteroatoms. The van der Waals surface area contributed by atoms with Gasteiger partial charge in [0, 0.05) is 19.6 Å². The Bertz CT molecular complexity index is 479. The second-order valence-corrected chi connectivity index (χ2v) is 5.31. The number of ether oxygens (including phenoxy) is 1. The summed E-state index contributed by atoms with van der Waals surface area (Å²) in [6.45, 7) is 4.71. The van der Waals surface area contributed by atoms with Crippen molar-refractivity contribution in [2.45, 2.75) is 25.6 Å². The minimum Gasteiger partial charge on any atom is -0.367 e. The molecule has 1 aliphatic heterocycles. The summed E-state index contributed by atoms with van der Waals surface area (Å²) in [5.41, 5.74) is 5.08. The first kappa shape index (κ1) is 14.1. The molecule has 0 bridgehead atoms. The lowest BCUT2D eigenvalue weighted by Gasteiger charge is -2.43. The molecule has 106 valence electrons. The molecule has 1 unspecified atom stereocenters. The normalized spacial score (nSPS) is 22.6. The summed E-state index contributed by atoms with van der Waals surface area (Å²) in [4.78, 5) is 1.64. The highest BCUT2D eigenvalue weighted by Crippen LogP contribution is 2.29. The van der Waals surface area contributed by atoms with E-state index < -0.39 is 23.1 Å². The summed E-state index contributed by atoms with van der Waals surface area (Å²) in [6.07, 6.45) is -0.267. The van der Waals surface area contributed by atoms with Crippen LogP contribution < -0.4 is 10.6 Å². The summed E-state index contributed by atoms with van der Waals surface area (Å²) in [5.74, 6) is -3.82. The predicted octanol–water partition coefficient (Wildman–Crippen LogP) is 2.05. The van der Waals surface area contributed by atoms with Gasteiger partial charge in [-0.15, -0.1) is 0 Å². The molecule has 0 radical (unpaired) electrons. The van der Waals surface area contributed by atoms with Gasteiger partial charge in [-0.2, -0.15) is 0 Å². The standard InChI is InChI=1S/C13H17F3N2O/c1-13(2)7-18(6-8(5-17)19-13)10-4-3-9(14)11(15)12(10)16/h3-4,8H,5-7,17H2,1-2H3. The van der Waals surface area contributed by atoms with Gasteiger partial charge >= 0.3 is 0 Å². The number of anilines is 1. The first-order chi connectivity index (χ1) is 8.84. The topological polar surface area (TPSA) is 38.5 Å². The number of morpholine rings is 1. The summed E-state index contributed by atoms with van der Waals surface area (Å²) >= 11 is 0. The highest BCUT2D eigenvalue weighted by molar-refractivity contribution is 5.49. The van der Waals surface area contributed by atoms with Crippen LogP contribution in [0.15, 0.2) is 12.1 Å². The van der Waals surface area contributed by atoms with Crippen LogP contribution in [0, 0.1) is 17.5 Å². The first-order valence-corrected chi connectivity index (χ1v) is 6.10. The van der Waals surface area contributed by atoms with Crippen molar-refractivity contribution >= 4 is 5.69 Å². The predicted molar refractivity (Wildman–Crippen MR) is 66.5 cm³/mol. The number of hydrogen-bond acceptors (Lipinski definition) is 3. The van der Waals surface area contributed by atoms with E-state index in [1.165, 1.54) is 6.07 Å². The highest BCUT2D eigenvalue weighted by Gasteiger charge is 2.34. The third-order valence-electron chi connectivity index (χ3n) is 3.10. The number of nitrogens with zero attached hydrogens (tertiary/aromatic N) is 1. The summed E-state index contributed by atoms with van der Waals surface area (Å²) in [7, 11) is 0. The van der Waals surface area contributed by atoms with Gasteiger partial charge in [0.25, 0.3) is 0 Å². The Balaban J connectivity index is 2.33. The second kappa shape index (κ2) is 5.02. The molecular weight excluding hydrogens is 257 g/mol. The van der Waals surface area contributed by atoms with E-state index in [9.17, 15) is 13.2 Å². The minimum atomic E-state index is -1.45. The molecular formula is C13H17F3N2O. The molecule has 2 N–H and O–H groups in total. The lowest BCUT2D eigenvalue weighted by Crippen LogP contribution is -2.55. The van der Waals surface area contributed by atoms with Crippen LogP contribution in [-0.2, 0) is 4.74 Å². The largest absolute Gasteiger partial charge is 0.367 e. The number of rotatable bonds is 2. The summed E-state index contributed by atoms with van der Waals surface area (Å²) < 4.78 is 45.7. The van der Waals surface area contributed by atoms with Gasteiger partial charge in [0.1, 0.15) is 0 Å². The van der Waals surface area contributed by atoms with E-state index in [1.54, 1.807) is 4.90 Å². The second-order valence-electron chi connectivity index (χ2n) is 5.31. The molecule has 0 aliphatic carbocycles. The average Bonchev–Trinajstić information content (AvgIpc) is 2.34. The molecule has 0 spiro atoms. The minimum absolute atomic E-state index is 0.0359. The average molecular weight is 274 g/mol. The lowest BCUT2D eigenvalue weighted by molar-refractivity contribution is -0.0789. The van der Waals surface area contributed by atoms with E-state index in [4.69, 9.17) is 10.5 Å². The maximum absolute atomic E-state index is 13.8. The van der Waals surface area contributed by atoms with Crippen molar-refractivity contribution in [3.63, 3.8) is 0 Å². The molecule has 3 nitrogen and oxygen atoms in total. The van der Waals surface area contributed by atoms with Crippen molar-refractivity contribution in [3.8, 4) is 0 Å². The monoisotopic (exact) mass is 274 g/mol. The van der Waals surface area contributed by atoms with E-state index in [0.29, 0.717) is 13.1 Å². The fraction of sp³-hybridized carbons (Fsp3) is 0.538. The Labute approximate surface area is 110 Å². The molecule has 0 saturated carbocycles. The number of benzene rings is 1. The van der Waals surface area contributed by atoms with Crippen LogP contribution in [0.2, 0.25) is 0 Å². The molecule has 1 aliphatic rings. The van der Waals surface area contributed by atoms with Crippen LogP contribution in [0.5, 0.6) is 0 Å². The summed E-state index contributed by atoms with van der Waals surface area (Å²) in [5, 5.41) is 0. The van der Waals surface area contributed by atoms with Crippen molar-refractivity contribution in [2.24, 2.45) is 5.73 Å². The van der Waals surface area contributed by atoms with Gasteiger partial charge in [0.15, 0.2) is 17.5 Å². The molecule has 1 aromatic carbocycles. The van der Waals surface area contributed by atoms with Crippen LogP contribution in [0.1, 0.15) is 13.8 Å². The Morgan fingerprint density at radius 3 is 2.63 bits per heavy atom. The van der Waals surface area contributed by atoms with Gasteiger partial charge in [0.05, 0.1) is 17.4 Å². The zero-order valence-electron chi connectivity index (χ0n) is 10.9. The molecule has 1 fully saturated rings. The Morgan fingerprint density at radius 2 is 2.00 bits per heavy atom. The van der Waals surface area contributed by atoms with Crippen molar-refractivity contribution in [1.29, 1.82) is 0 Å². The van der Waals surface area contributed by atoms with Crippen LogP contribution >= 0.6 is 0 Å². The fourth-order valence-corrected chi connectivity index (χ4v) is 2.36. The van der Waals surface area contributed by atoms with Crippen LogP contribution in [0.4, 0.5) is 18.9 Å². The third-order valence-corrected chi connectivity index (χ3v) is 3.10. The Kier molecular flexibility index (Phi) is 3.73. The fourth-order valence-electron chi connectivity index (χ4n) is 2.36. The van der Waals surface area contributed by atoms with Gasteiger partial charge in [0.2, 0.25) is 0 Å². The van der Waals surface area contributed by atoms with Gasteiger partial charge in [-0.1, -0.05) is 0 Å². The Morgan fingerprint density at radius 1 is 1.32 bits per heavy atom. The number of hydrogen-bond donors (Lipinski definition) is 1.